The van der Waals surface area contributed by atoms with Crippen molar-refractivity contribution in [2.24, 2.45) is 0 Å². The van der Waals surface area contributed by atoms with Gasteiger partial charge in [0.05, 0.1) is 0 Å². The van der Waals surface area contributed by atoms with Crippen LogP contribution in [0.1, 0.15) is 35.5 Å². The van der Waals surface area contributed by atoms with E-state index in [2.05, 4.69) is 53.5 Å². The second kappa shape index (κ2) is 10.0. The average molecular weight is 392 g/mol. The Morgan fingerprint density at radius 1 is 1.03 bits per heavy atom. The van der Waals surface area contributed by atoms with Crippen molar-refractivity contribution in [3.63, 3.8) is 0 Å². The van der Waals surface area contributed by atoms with Gasteiger partial charge in [0, 0.05) is 18.2 Å². The van der Waals surface area contributed by atoms with E-state index >= 15 is 0 Å². The number of amides is 1. The van der Waals surface area contributed by atoms with Crippen LogP contribution in [0.5, 0.6) is 0 Å². The van der Waals surface area contributed by atoms with Crippen molar-refractivity contribution >= 4 is 5.91 Å². The lowest BCUT2D eigenvalue weighted by atomic mass is 10.0. The van der Waals surface area contributed by atoms with Gasteiger partial charge >= 0.3 is 0 Å². The van der Waals surface area contributed by atoms with Crippen molar-refractivity contribution in [1.82, 2.24) is 15.4 Å². The number of hydrogen-bond acceptors (Lipinski definition) is 4. The number of aromatic nitrogens is 1. The minimum atomic E-state index is -0.146. The molecule has 1 aromatic heterocycles. The minimum absolute atomic E-state index is 0.146. The Morgan fingerprint density at radius 3 is 2.28 bits per heavy atom. The Hall–Kier alpha value is -2.92. The molecular formula is C24H29N3O2. The smallest absolute Gasteiger partial charge is 0.257 e. The van der Waals surface area contributed by atoms with Crippen LogP contribution >= 0.6 is 0 Å². The number of aryl methyl sites for hydroxylation is 1. The molecule has 0 aliphatic rings. The van der Waals surface area contributed by atoms with Crippen LogP contribution in [0.2, 0.25) is 0 Å². The molecule has 1 heterocycles. The highest BCUT2D eigenvalue weighted by atomic mass is 16.5. The fourth-order valence-corrected chi connectivity index (χ4v) is 3.69. The van der Waals surface area contributed by atoms with E-state index in [1.54, 1.807) is 6.92 Å². The number of carbonyl (C=O) groups excluding carboxylic acids is 1. The molecule has 1 unspecified atom stereocenters. The first-order valence-electron chi connectivity index (χ1n) is 10.2. The quantitative estimate of drug-likeness (QED) is 0.590. The summed E-state index contributed by atoms with van der Waals surface area (Å²) in [7, 11) is 0. The van der Waals surface area contributed by atoms with Crippen LogP contribution in [0.15, 0.2) is 65.2 Å². The van der Waals surface area contributed by atoms with Gasteiger partial charge in [0.25, 0.3) is 5.91 Å². The van der Waals surface area contributed by atoms with Gasteiger partial charge in [-0.2, -0.15) is 0 Å². The standard InChI is InChI=1S/C24H29N3O2/c1-4-27(5-2)21(16-19-12-8-6-9-13-19)17-25-24(28)22-18(3)29-26-23(22)20-14-10-7-11-15-20/h6-15,21H,4-5,16-17H2,1-3H3,(H,25,28). The third kappa shape index (κ3) is 5.12. The maximum atomic E-state index is 13.0. The Bertz CT molecular complexity index is 902. The Morgan fingerprint density at radius 2 is 1.66 bits per heavy atom. The highest BCUT2D eigenvalue weighted by Crippen LogP contribution is 2.25. The zero-order valence-corrected chi connectivity index (χ0v) is 17.4. The minimum Gasteiger partial charge on any atom is -0.360 e. The number of carbonyl (C=O) groups is 1. The van der Waals surface area contributed by atoms with Gasteiger partial charge in [-0.25, -0.2) is 0 Å². The van der Waals surface area contributed by atoms with Crippen LogP contribution < -0.4 is 5.32 Å². The first kappa shape index (κ1) is 20.8. The molecule has 0 fully saturated rings. The van der Waals surface area contributed by atoms with Crippen LogP contribution in [0.25, 0.3) is 11.3 Å². The van der Waals surface area contributed by atoms with Crippen LogP contribution in [-0.2, 0) is 6.42 Å². The summed E-state index contributed by atoms with van der Waals surface area (Å²) in [5.74, 6) is 0.386. The maximum Gasteiger partial charge on any atom is 0.257 e. The monoisotopic (exact) mass is 391 g/mol. The molecule has 0 radical (unpaired) electrons. The van der Waals surface area contributed by atoms with Crippen molar-refractivity contribution in [1.29, 1.82) is 0 Å². The molecule has 3 aromatic rings. The van der Waals surface area contributed by atoms with Gasteiger partial charge in [0.1, 0.15) is 17.0 Å². The zero-order chi connectivity index (χ0) is 20.6. The largest absolute Gasteiger partial charge is 0.360 e. The molecule has 0 aliphatic carbocycles. The van der Waals surface area contributed by atoms with E-state index < -0.39 is 0 Å². The van der Waals surface area contributed by atoms with E-state index in [4.69, 9.17) is 4.52 Å². The molecule has 1 atom stereocenters. The summed E-state index contributed by atoms with van der Waals surface area (Å²) >= 11 is 0. The zero-order valence-electron chi connectivity index (χ0n) is 17.4. The SMILES string of the molecule is CCN(CC)C(CNC(=O)c1c(-c2ccccc2)noc1C)Cc1ccccc1. The maximum absolute atomic E-state index is 13.0. The molecule has 5 nitrogen and oxygen atoms in total. The number of nitrogens with zero attached hydrogens (tertiary/aromatic N) is 2. The van der Waals surface area contributed by atoms with E-state index in [0.717, 1.165) is 25.1 Å². The second-order valence-electron chi connectivity index (χ2n) is 7.10. The predicted octanol–water partition coefficient (Wildman–Crippen LogP) is 4.33. The summed E-state index contributed by atoms with van der Waals surface area (Å²) in [6.07, 6.45) is 0.886. The predicted molar refractivity (Wildman–Crippen MR) is 116 cm³/mol. The Kier molecular flexibility index (Phi) is 7.19. The molecule has 29 heavy (non-hydrogen) atoms. The average Bonchev–Trinajstić information content (AvgIpc) is 3.15. The van der Waals surface area contributed by atoms with Crippen LogP contribution in [0, 0.1) is 6.92 Å². The molecule has 152 valence electrons. The second-order valence-corrected chi connectivity index (χ2v) is 7.10. The highest BCUT2D eigenvalue weighted by molar-refractivity contribution is 6.00. The first-order chi connectivity index (χ1) is 14.1. The van der Waals surface area contributed by atoms with Crippen molar-refractivity contribution in [2.45, 2.75) is 33.2 Å². The highest BCUT2D eigenvalue weighted by Gasteiger charge is 2.23. The van der Waals surface area contributed by atoms with Crippen molar-refractivity contribution in [3.8, 4) is 11.3 Å². The summed E-state index contributed by atoms with van der Waals surface area (Å²) in [5.41, 5.74) is 3.24. The van der Waals surface area contributed by atoms with E-state index in [0.29, 0.717) is 23.6 Å². The summed E-state index contributed by atoms with van der Waals surface area (Å²) < 4.78 is 5.34. The lowest BCUT2D eigenvalue weighted by Crippen LogP contribution is -2.45. The number of nitrogens with one attached hydrogen (secondary N) is 1. The third-order valence-electron chi connectivity index (χ3n) is 5.28. The fourth-order valence-electron chi connectivity index (χ4n) is 3.69. The van der Waals surface area contributed by atoms with Gasteiger partial charge in [-0.1, -0.05) is 79.7 Å². The Labute approximate surface area is 172 Å². The molecule has 2 aromatic carbocycles. The number of rotatable bonds is 9. The van der Waals surface area contributed by atoms with E-state index in [1.807, 2.05) is 36.4 Å². The van der Waals surface area contributed by atoms with E-state index in [-0.39, 0.29) is 11.9 Å². The molecule has 0 bridgehead atoms. The topological polar surface area (TPSA) is 58.4 Å². The van der Waals surface area contributed by atoms with Crippen molar-refractivity contribution < 1.29 is 9.32 Å². The van der Waals surface area contributed by atoms with Crippen molar-refractivity contribution in [2.75, 3.05) is 19.6 Å². The van der Waals surface area contributed by atoms with Gasteiger partial charge in [0.15, 0.2) is 0 Å². The summed E-state index contributed by atoms with van der Waals surface area (Å²) in [5, 5.41) is 7.25. The molecule has 1 amide bonds. The number of benzene rings is 2. The number of likely N-dealkylation sites (N-methyl/N-ethyl adjacent to an activating group) is 1. The van der Waals surface area contributed by atoms with Gasteiger partial charge in [0.2, 0.25) is 0 Å². The van der Waals surface area contributed by atoms with Crippen LogP contribution in [0.3, 0.4) is 0 Å². The molecule has 0 saturated heterocycles. The van der Waals surface area contributed by atoms with E-state index in [9.17, 15) is 4.79 Å². The van der Waals surface area contributed by atoms with Crippen molar-refractivity contribution in [3.05, 3.63) is 77.6 Å². The molecule has 3 rings (SSSR count). The summed E-state index contributed by atoms with van der Waals surface area (Å²) in [6.45, 7) is 8.52. The molecule has 1 N–H and O–H groups in total. The normalized spacial score (nSPS) is 12.1. The molecule has 0 saturated carbocycles. The van der Waals surface area contributed by atoms with Gasteiger partial charge in [-0.05, 0) is 32.0 Å². The number of hydrogen-bond donors (Lipinski definition) is 1. The first-order valence-corrected chi connectivity index (χ1v) is 10.2. The summed E-state index contributed by atoms with van der Waals surface area (Å²) in [4.78, 5) is 15.4. The van der Waals surface area contributed by atoms with E-state index in [1.165, 1.54) is 5.56 Å². The fraction of sp³-hybridized carbons (Fsp3) is 0.333. The Balaban J connectivity index is 1.76. The summed E-state index contributed by atoms with van der Waals surface area (Å²) in [6, 6.07) is 20.3. The lowest BCUT2D eigenvalue weighted by molar-refractivity contribution is 0.0933. The van der Waals surface area contributed by atoms with Gasteiger partial charge < -0.3 is 9.84 Å². The molecule has 5 heteroatoms. The van der Waals surface area contributed by atoms with Crippen LogP contribution in [0.4, 0.5) is 0 Å². The molecule has 0 spiro atoms. The lowest BCUT2D eigenvalue weighted by Gasteiger charge is -2.30. The van der Waals surface area contributed by atoms with Gasteiger partial charge in [-0.15, -0.1) is 0 Å². The van der Waals surface area contributed by atoms with Crippen LogP contribution in [-0.4, -0.2) is 41.6 Å². The van der Waals surface area contributed by atoms with Gasteiger partial charge in [-0.3, -0.25) is 9.69 Å². The molecular weight excluding hydrogens is 362 g/mol. The molecule has 0 aliphatic heterocycles. The third-order valence-corrected chi connectivity index (χ3v) is 5.28.